The second kappa shape index (κ2) is 9.64. The van der Waals surface area contributed by atoms with Gasteiger partial charge in [-0.05, 0) is 43.5 Å². The van der Waals surface area contributed by atoms with Gasteiger partial charge in [0.15, 0.2) is 0 Å². The molecule has 4 rings (SSSR count). The second-order valence-corrected chi connectivity index (χ2v) is 7.73. The average molecular weight is 434 g/mol. The highest BCUT2D eigenvalue weighted by Crippen LogP contribution is 2.33. The fourth-order valence-electron chi connectivity index (χ4n) is 3.97. The van der Waals surface area contributed by atoms with Crippen LogP contribution >= 0.6 is 0 Å². The Labute approximate surface area is 187 Å². The summed E-state index contributed by atoms with van der Waals surface area (Å²) < 4.78 is 10.8. The molecule has 0 atom stereocenters. The molecule has 1 aliphatic rings. The van der Waals surface area contributed by atoms with Crippen LogP contribution in [0.2, 0.25) is 0 Å². The highest BCUT2D eigenvalue weighted by atomic mass is 16.5. The van der Waals surface area contributed by atoms with E-state index in [0.717, 1.165) is 29.9 Å². The number of piperidine rings is 1. The molecule has 8 nitrogen and oxygen atoms in total. The third kappa shape index (κ3) is 4.49. The van der Waals surface area contributed by atoms with Crippen molar-refractivity contribution >= 4 is 17.5 Å². The van der Waals surface area contributed by atoms with E-state index in [-0.39, 0.29) is 11.8 Å². The van der Waals surface area contributed by atoms with E-state index in [1.807, 2.05) is 36.2 Å². The van der Waals surface area contributed by atoms with Gasteiger partial charge in [0.05, 0.1) is 26.1 Å². The van der Waals surface area contributed by atoms with Gasteiger partial charge in [-0.3, -0.25) is 9.78 Å². The summed E-state index contributed by atoms with van der Waals surface area (Å²) in [5, 5.41) is 3.25. The van der Waals surface area contributed by atoms with Gasteiger partial charge in [0.1, 0.15) is 28.7 Å². The largest absolute Gasteiger partial charge is 0.496 e. The summed E-state index contributed by atoms with van der Waals surface area (Å²) in [6.07, 6.45) is 6.87. The van der Waals surface area contributed by atoms with Crippen LogP contribution in [0.1, 0.15) is 40.4 Å². The zero-order valence-electron chi connectivity index (χ0n) is 18.5. The fourth-order valence-corrected chi connectivity index (χ4v) is 3.97. The first-order chi connectivity index (χ1) is 15.6. The molecule has 2 aromatic heterocycles. The van der Waals surface area contributed by atoms with Gasteiger partial charge in [0.25, 0.3) is 5.91 Å². The van der Waals surface area contributed by atoms with E-state index >= 15 is 0 Å². The summed E-state index contributed by atoms with van der Waals surface area (Å²) in [6, 6.07) is 9.26. The number of anilines is 2. The molecule has 3 aromatic rings. The maximum absolute atomic E-state index is 13.2. The lowest BCUT2D eigenvalue weighted by Gasteiger charge is -2.32. The Hall–Kier alpha value is -3.68. The predicted molar refractivity (Wildman–Crippen MR) is 122 cm³/mol. The Morgan fingerprint density at radius 2 is 1.78 bits per heavy atom. The van der Waals surface area contributed by atoms with Crippen LogP contribution in [0.25, 0.3) is 0 Å². The van der Waals surface area contributed by atoms with Crippen LogP contribution in [0.4, 0.5) is 11.6 Å². The van der Waals surface area contributed by atoms with Crippen molar-refractivity contribution in [2.75, 3.05) is 32.6 Å². The van der Waals surface area contributed by atoms with Crippen LogP contribution in [0.15, 0.2) is 48.9 Å². The molecule has 0 spiro atoms. The van der Waals surface area contributed by atoms with Gasteiger partial charge in [-0.25, -0.2) is 9.97 Å². The normalized spacial score (nSPS) is 14.2. The molecular formula is C24H27N5O3. The lowest BCUT2D eigenvalue weighted by atomic mass is 9.93. The van der Waals surface area contributed by atoms with Crippen LogP contribution in [-0.4, -0.2) is 53.1 Å². The van der Waals surface area contributed by atoms with Crippen molar-refractivity contribution in [1.82, 2.24) is 19.9 Å². The molecule has 1 aliphatic heterocycles. The second-order valence-electron chi connectivity index (χ2n) is 7.73. The topological polar surface area (TPSA) is 89.5 Å². The summed E-state index contributed by atoms with van der Waals surface area (Å²) in [5.74, 6) is 2.63. The number of hydrogen-bond acceptors (Lipinski definition) is 7. The van der Waals surface area contributed by atoms with Crippen molar-refractivity contribution in [3.63, 3.8) is 0 Å². The van der Waals surface area contributed by atoms with Gasteiger partial charge in [0, 0.05) is 31.4 Å². The number of benzene rings is 1. The van der Waals surface area contributed by atoms with Crippen LogP contribution < -0.4 is 14.8 Å². The zero-order chi connectivity index (χ0) is 22.5. The number of nitrogens with zero attached hydrogens (tertiary/aromatic N) is 4. The minimum Gasteiger partial charge on any atom is -0.496 e. The van der Waals surface area contributed by atoms with Crippen LogP contribution in [0, 0.1) is 6.92 Å². The highest BCUT2D eigenvalue weighted by Gasteiger charge is 2.29. The number of amides is 1. The summed E-state index contributed by atoms with van der Waals surface area (Å²) in [7, 11) is 3.12. The van der Waals surface area contributed by atoms with Gasteiger partial charge >= 0.3 is 0 Å². The van der Waals surface area contributed by atoms with E-state index in [9.17, 15) is 4.79 Å². The fraction of sp³-hybridized carbons (Fsp3) is 0.333. The molecule has 0 bridgehead atoms. The number of hydrogen-bond donors (Lipinski definition) is 1. The first-order valence-corrected chi connectivity index (χ1v) is 10.6. The Bertz CT molecular complexity index is 1070. The number of pyridine rings is 1. The van der Waals surface area contributed by atoms with Crippen molar-refractivity contribution in [2.45, 2.75) is 25.7 Å². The summed E-state index contributed by atoms with van der Waals surface area (Å²) in [6.45, 7) is 3.25. The molecule has 0 radical (unpaired) electrons. The summed E-state index contributed by atoms with van der Waals surface area (Å²) in [4.78, 5) is 28.5. The van der Waals surface area contributed by atoms with Crippen molar-refractivity contribution in [3.8, 4) is 11.5 Å². The number of likely N-dealkylation sites (tertiary alicyclic amines) is 1. The van der Waals surface area contributed by atoms with E-state index in [1.165, 1.54) is 0 Å². The van der Waals surface area contributed by atoms with Gasteiger partial charge < -0.3 is 19.7 Å². The SMILES string of the molecule is COc1cccc(OC)c1C(=O)N1CCC(c2cncc(Nc3ncccc3C)n2)CC1. The highest BCUT2D eigenvalue weighted by molar-refractivity contribution is 5.99. The molecule has 1 amide bonds. The van der Waals surface area contributed by atoms with Crippen molar-refractivity contribution < 1.29 is 14.3 Å². The molecule has 3 heterocycles. The quantitative estimate of drug-likeness (QED) is 0.629. The maximum Gasteiger partial charge on any atom is 0.261 e. The lowest BCUT2D eigenvalue weighted by Crippen LogP contribution is -2.38. The number of aryl methyl sites for hydroxylation is 1. The van der Waals surface area contributed by atoms with Gasteiger partial charge in [0.2, 0.25) is 0 Å². The molecule has 32 heavy (non-hydrogen) atoms. The van der Waals surface area contributed by atoms with E-state index in [4.69, 9.17) is 14.5 Å². The molecular weight excluding hydrogens is 406 g/mol. The van der Waals surface area contributed by atoms with E-state index in [1.54, 1.807) is 38.7 Å². The summed E-state index contributed by atoms with van der Waals surface area (Å²) >= 11 is 0. The lowest BCUT2D eigenvalue weighted by molar-refractivity contribution is 0.0705. The monoisotopic (exact) mass is 433 g/mol. The average Bonchev–Trinajstić information content (AvgIpc) is 2.84. The molecule has 0 saturated carbocycles. The summed E-state index contributed by atoms with van der Waals surface area (Å²) in [5.41, 5.74) is 2.43. The van der Waals surface area contributed by atoms with Gasteiger partial charge in [-0.15, -0.1) is 0 Å². The smallest absolute Gasteiger partial charge is 0.261 e. The van der Waals surface area contributed by atoms with Crippen LogP contribution in [0.3, 0.4) is 0 Å². The van der Waals surface area contributed by atoms with E-state index < -0.39 is 0 Å². The molecule has 8 heteroatoms. The maximum atomic E-state index is 13.2. The minimum absolute atomic E-state index is 0.0788. The third-order valence-electron chi connectivity index (χ3n) is 5.75. The number of carbonyl (C=O) groups excluding carboxylic acids is 1. The number of methoxy groups -OCH3 is 2. The molecule has 166 valence electrons. The van der Waals surface area contributed by atoms with E-state index in [2.05, 4.69) is 15.3 Å². The van der Waals surface area contributed by atoms with Crippen LogP contribution in [-0.2, 0) is 0 Å². The minimum atomic E-state index is -0.0788. The van der Waals surface area contributed by atoms with Crippen molar-refractivity contribution in [3.05, 3.63) is 65.7 Å². The first-order valence-electron chi connectivity index (χ1n) is 10.6. The van der Waals surface area contributed by atoms with E-state index in [0.29, 0.717) is 36.0 Å². The molecule has 1 fully saturated rings. The Balaban J connectivity index is 1.44. The Morgan fingerprint density at radius 3 is 2.44 bits per heavy atom. The molecule has 0 aliphatic carbocycles. The van der Waals surface area contributed by atoms with Gasteiger partial charge in [-0.2, -0.15) is 0 Å². The van der Waals surface area contributed by atoms with Gasteiger partial charge in [-0.1, -0.05) is 12.1 Å². The van der Waals surface area contributed by atoms with Crippen molar-refractivity contribution in [1.29, 1.82) is 0 Å². The predicted octanol–water partition coefficient (Wildman–Crippen LogP) is 3.96. The number of aromatic nitrogens is 3. The first kappa shape index (κ1) is 21.5. The number of ether oxygens (including phenoxy) is 2. The number of nitrogens with one attached hydrogen (secondary N) is 1. The molecule has 0 unspecified atom stereocenters. The Morgan fingerprint density at radius 1 is 1.06 bits per heavy atom. The molecule has 1 aromatic carbocycles. The zero-order valence-corrected chi connectivity index (χ0v) is 18.5. The molecule has 1 saturated heterocycles. The van der Waals surface area contributed by atoms with Crippen LogP contribution in [0.5, 0.6) is 11.5 Å². The number of carbonyl (C=O) groups is 1. The number of rotatable bonds is 6. The standard InChI is InChI=1S/C24H27N5O3/c1-16-6-5-11-26-23(16)28-21-15-25-14-18(27-21)17-9-12-29(13-10-17)24(30)22-19(31-2)7-4-8-20(22)32-3/h4-8,11,14-15,17H,9-10,12-13H2,1-3H3,(H,26,27,28). The van der Waals surface area contributed by atoms with Crippen molar-refractivity contribution in [2.24, 2.45) is 0 Å². The third-order valence-corrected chi connectivity index (χ3v) is 5.75. The Kier molecular flexibility index (Phi) is 6.49. The molecule has 1 N–H and O–H groups in total.